The standard InChI is InChI=1S/C25H32N4O2/c1-3-12-25(31,13-4-2)19-27-21-10-15-29(16-11-21)23-9-5-8-22(17-23)28-24(30)20-7-6-14-26-18-20/h3-9,14,17-18,21,27,31H,1-2,10-13,15-16,19H2,(H,28,30). The second-order valence-electron chi connectivity index (χ2n) is 8.10. The van der Waals surface area contributed by atoms with Crippen molar-refractivity contribution in [1.82, 2.24) is 10.3 Å². The average molecular weight is 421 g/mol. The summed E-state index contributed by atoms with van der Waals surface area (Å²) in [4.78, 5) is 18.7. The predicted molar refractivity (Wildman–Crippen MR) is 126 cm³/mol. The number of aliphatic hydroxyl groups is 1. The SMILES string of the molecule is C=CCC(O)(CC=C)CNC1CCN(c2cccc(NC(=O)c3cccnc3)c2)CC1. The van der Waals surface area contributed by atoms with E-state index in [0.29, 0.717) is 31.0 Å². The normalized spacial score (nSPS) is 14.8. The molecule has 2 heterocycles. The van der Waals surface area contributed by atoms with Crippen LogP contribution in [-0.4, -0.2) is 47.3 Å². The number of aromatic nitrogens is 1. The number of rotatable bonds is 10. The van der Waals surface area contributed by atoms with E-state index < -0.39 is 5.60 Å². The third-order valence-electron chi connectivity index (χ3n) is 5.66. The van der Waals surface area contributed by atoms with Crippen molar-refractivity contribution in [2.24, 2.45) is 0 Å². The van der Waals surface area contributed by atoms with Gasteiger partial charge < -0.3 is 20.6 Å². The molecule has 2 aromatic rings. The van der Waals surface area contributed by atoms with Crippen molar-refractivity contribution in [2.45, 2.75) is 37.3 Å². The van der Waals surface area contributed by atoms with E-state index in [-0.39, 0.29) is 5.91 Å². The highest BCUT2D eigenvalue weighted by atomic mass is 16.3. The lowest BCUT2D eigenvalue weighted by Crippen LogP contribution is -2.48. The number of piperidine rings is 1. The van der Waals surface area contributed by atoms with E-state index in [0.717, 1.165) is 37.3 Å². The molecule has 0 saturated carbocycles. The molecule has 6 heteroatoms. The van der Waals surface area contributed by atoms with Crippen molar-refractivity contribution in [2.75, 3.05) is 29.9 Å². The molecule has 31 heavy (non-hydrogen) atoms. The van der Waals surface area contributed by atoms with Gasteiger partial charge in [-0.3, -0.25) is 9.78 Å². The molecule has 1 amide bonds. The average Bonchev–Trinajstić information content (AvgIpc) is 2.79. The number of pyridine rings is 1. The molecule has 6 nitrogen and oxygen atoms in total. The maximum atomic E-state index is 12.4. The number of anilines is 2. The van der Waals surface area contributed by atoms with E-state index >= 15 is 0 Å². The number of hydrogen-bond donors (Lipinski definition) is 3. The van der Waals surface area contributed by atoms with Gasteiger partial charge >= 0.3 is 0 Å². The lowest BCUT2D eigenvalue weighted by Gasteiger charge is -2.36. The highest BCUT2D eigenvalue weighted by Crippen LogP contribution is 2.24. The van der Waals surface area contributed by atoms with Crippen LogP contribution in [-0.2, 0) is 0 Å². The monoisotopic (exact) mass is 420 g/mol. The van der Waals surface area contributed by atoms with Crippen LogP contribution in [0.15, 0.2) is 74.1 Å². The Kier molecular flexibility index (Phi) is 7.98. The van der Waals surface area contributed by atoms with Crippen LogP contribution in [0.4, 0.5) is 11.4 Å². The van der Waals surface area contributed by atoms with E-state index in [1.165, 1.54) is 0 Å². The molecule has 3 rings (SSSR count). The number of amides is 1. The van der Waals surface area contributed by atoms with Gasteiger partial charge in [-0.15, -0.1) is 13.2 Å². The molecule has 0 unspecified atom stereocenters. The lowest BCUT2D eigenvalue weighted by atomic mass is 9.94. The van der Waals surface area contributed by atoms with Crippen LogP contribution in [0.2, 0.25) is 0 Å². The van der Waals surface area contributed by atoms with Gasteiger partial charge in [-0.1, -0.05) is 18.2 Å². The summed E-state index contributed by atoms with van der Waals surface area (Å²) >= 11 is 0. The van der Waals surface area contributed by atoms with Crippen LogP contribution in [0.3, 0.4) is 0 Å². The maximum Gasteiger partial charge on any atom is 0.257 e. The number of nitrogens with one attached hydrogen (secondary N) is 2. The molecular formula is C25H32N4O2. The predicted octanol–water partition coefficient (Wildman–Crippen LogP) is 3.78. The molecule has 0 aliphatic carbocycles. The molecule has 3 N–H and O–H groups in total. The summed E-state index contributed by atoms with van der Waals surface area (Å²) in [5.41, 5.74) is 1.58. The van der Waals surface area contributed by atoms with Gasteiger partial charge in [-0.25, -0.2) is 0 Å². The van der Waals surface area contributed by atoms with Crippen LogP contribution in [0.25, 0.3) is 0 Å². The molecule has 0 spiro atoms. The number of hydrogen-bond acceptors (Lipinski definition) is 5. The first kappa shape index (κ1) is 22.7. The fourth-order valence-corrected chi connectivity index (χ4v) is 3.92. The molecule has 0 bridgehead atoms. The summed E-state index contributed by atoms with van der Waals surface area (Å²) in [6.07, 6.45) is 9.79. The maximum absolute atomic E-state index is 12.4. The van der Waals surface area contributed by atoms with Crippen LogP contribution in [0, 0.1) is 0 Å². The molecule has 164 valence electrons. The highest BCUT2D eigenvalue weighted by Gasteiger charge is 2.26. The Morgan fingerprint density at radius 3 is 2.58 bits per heavy atom. The van der Waals surface area contributed by atoms with Crippen LogP contribution in [0.1, 0.15) is 36.0 Å². The quantitative estimate of drug-likeness (QED) is 0.510. The number of carbonyl (C=O) groups is 1. The Morgan fingerprint density at radius 2 is 1.94 bits per heavy atom. The first-order chi connectivity index (χ1) is 15.0. The van der Waals surface area contributed by atoms with Crippen molar-refractivity contribution < 1.29 is 9.90 Å². The van der Waals surface area contributed by atoms with Gasteiger partial charge in [0.1, 0.15) is 0 Å². The molecule has 1 fully saturated rings. The zero-order valence-electron chi connectivity index (χ0n) is 18.0. The molecule has 0 radical (unpaired) electrons. The van der Waals surface area contributed by atoms with Crippen molar-refractivity contribution >= 4 is 17.3 Å². The second-order valence-corrected chi connectivity index (χ2v) is 8.10. The summed E-state index contributed by atoms with van der Waals surface area (Å²) in [6, 6.07) is 11.8. The zero-order valence-corrected chi connectivity index (χ0v) is 18.0. The van der Waals surface area contributed by atoms with E-state index in [1.807, 2.05) is 18.2 Å². The highest BCUT2D eigenvalue weighted by molar-refractivity contribution is 6.04. The fourth-order valence-electron chi connectivity index (χ4n) is 3.92. The molecule has 1 aromatic carbocycles. The van der Waals surface area contributed by atoms with E-state index in [4.69, 9.17) is 0 Å². The van der Waals surface area contributed by atoms with Gasteiger partial charge in [0, 0.05) is 49.4 Å². The summed E-state index contributed by atoms with van der Waals surface area (Å²) in [6.45, 7) is 9.87. The first-order valence-corrected chi connectivity index (χ1v) is 10.8. The number of carbonyl (C=O) groups excluding carboxylic acids is 1. The second kappa shape index (κ2) is 10.9. The van der Waals surface area contributed by atoms with E-state index in [1.54, 1.807) is 36.7 Å². The van der Waals surface area contributed by atoms with Crippen LogP contribution < -0.4 is 15.5 Å². The fraction of sp³-hybridized carbons (Fsp3) is 0.360. The minimum Gasteiger partial charge on any atom is -0.388 e. The minimum atomic E-state index is -0.818. The summed E-state index contributed by atoms with van der Waals surface area (Å²) in [5, 5.41) is 17.2. The van der Waals surface area contributed by atoms with Gasteiger partial charge in [0.25, 0.3) is 5.91 Å². The largest absolute Gasteiger partial charge is 0.388 e. The number of nitrogens with zero attached hydrogens (tertiary/aromatic N) is 2. The van der Waals surface area contributed by atoms with E-state index in [9.17, 15) is 9.90 Å². The molecule has 0 atom stereocenters. The molecule has 1 saturated heterocycles. The zero-order chi connectivity index (χ0) is 22.1. The van der Waals surface area contributed by atoms with Crippen molar-refractivity contribution in [3.05, 3.63) is 79.7 Å². The third-order valence-corrected chi connectivity index (χ3v) is 5.66. The topological polar surface area (TPSA) is 77.5 Å². The van der Waals surface area contributed by atoms with Gasteiger partial charge in [0.15, 0.2) is 0 Å². The van der Waals surface area contributed by atoms with Gasteiger partial charge in [0.2, 0.25) is 0 Å². The van der Waals surface area contributed by atoms with Gasteiger partial charge in [-0.2, -0.15) is 0 Å². The van der Waals surface area contributed by atoms with Crippen molar-refractivity contribution in [1.29, 1.82) is 0 Å². The van der Waals surface area contributed by atoms with Crippen LogP contribution in [0.5, 0.6) is 0 Å². The molecule has 1 aliphatic rings. The summed E-state index contributed by atoms with van der Waals surface area (Å²) < 4.78 is 0. The summed E-state index contributed by atoms with van der Waals surface area (Å²) in [7, 11) is 0. The molecule has 1 aliphatic heterocycles. The minimum absolute atomic E-state index is 0.167. The van der Waals surface area contributed by atoms with Crippen molar-refractivity contribution in [3.8, 4) is 0 Å². The number of benzene rings is 1. The van der Waals surface area contributed by atoms with Gasteiger partial charge in [-0.05, 0) is 56.0 Å². The molecular weight excluding hydrogens is 388 g/mol. The smallest absolute Gasteiger partial charge is 0.257 e. The van der Waals surface area contributed by atoms with E-state index in [2.05, 4.69) is 39.7 Å². The van der Waals surface area contributed by atoms with Gasteiger partial charge in [0.05, 0.1) is 11.2 Å². The first-order valence-electron chi connectivity index (χ1n) is 10.8. The third kappa shape index (κ3) is 6.51. The Hall–Kier alpha value is -2.96. The Bertz CT molecular complexity index is 866. The lowest BCUT2D eigenvalue weighted by molar-refractivity contribution is 0.0426. The Balaban J connectivity index is 1.53. The Labute approximate surface area is 184 Å². The van der Waals surface area contributed by atoms with Crippen molar-refractivity contribution in [3.63, 3.8) is 0 Å². The molecule has 1 aromatic heterocycles. The summed E-state index contributed by atoms with van der Waals surface area (Å²) in [5.74, 6) is -0.167. The Morgan fingerprint density at radius 1 is 1.19 bits per heavy atom. The van der Waals surface area contributed by atoms with Crippen LogP contribution >= 0.6 is 0 Å².